The number of nitrogens with one attached hydrogen (secondary N) is 1. The monoisotopic (exact) mass is 489 g/mol. The fourth-order valence-electron chi connectivity index (χ4n) is 3.09. The van der Waals surface area contributed by atoms with E-state index in [2.05, 4.69) is 15.5 Å². The summed E-state index contributed by atoms with van der Waals surface area (Å²) >= 11 is 7.26. The molecule has 3 aromatic rings. The summed E-state index contributed by atoms with van der Waals surface area (Å²) in [5, 5.41) is 22.8. The quantitative estimate of drug-likeness (QED) is 0.245. The Hall–Kier alpha value is -3.11. The number of anilines is 1. The first kappa shape index (κ1) is 24.5. The molecule has 1 heterocycles. The molecule has 1 unspecified atom stereocenters. The molecule has 0 saturated carbocycles. The van der Waals surface area contributed by atoms with Crippen LogP contribution < -0.4 is 10.1 Å². The number of carbonyl (C=O) groups is 1. The van der Waals surface area contributed by atoms with E-state index in [-0.39, 0.29) is 34.2 Å². The number of carbonyl (C=O) groups excluding carboxylic acids is 1. The van der Waals surface area contributed by atoms with E-state index in [1.807, 2.05) is 50.5 Å². The Labute approximate surface area is 200 Å². The lowest BCUT2D eigenvalue weighted by Gasteiger charge is -2.16. The van der Waals surface area contributed by atoms with E-state index in [1.165, 1.54) is 35.5 Å². The van der Waals surface area contributed by atoms with Crippen LogP contribution in [0.4, 0.5) is 11.4 Å². The average molecular weight is 490 g/mol. The number of nitrogens with zero attached hydrogens (tertiary/aromatic N) is 4. The van der Waals surface area contributed by atoms with Gasteiger partial charge in [0.15, 0.2) is 17.1 Å². The summed E-state index contributed by atoms with van der Waals surface area (Å²) in [7, 11) is 0. The SMILES string of the molecule is CCn1c(SCC(=O)Nc2cc([N+](=O)[O-])ccc2Cl)nnc1C(C)Oc1ccc(C)c(C)c1. The number of aryl methyl sites for hydroxylation is 2. The molecule has 0 aliphatic carbocycles. The van der Waals surface area contributed by atoms with Crippen LogP contribution in [0.15, 0.2) is 41.6 Å². The van der Waals surface area contributed by atoms with Gasteiger partial charge in [-0.15, -0.1) is 10.2 Å². The summed E-state index contributed by atoms with van der Waals surface area (Å²) < 4.78 is 7.95. The van der Waals surface area contributed by atoms with Gasteiger partial charge in [0, 0.05) is 18.7 Å². The van der Waals surface area contributed by atoms with Crippen molar-refractivity contribution < 1.29 is 14.5 Å². The lowest BCUT2D eigenvalue weighted by atomic mass is 10.1. The Morgan fingerprint density at radius 1 is 1.24 bits per heavy atom. The van der Waals surface area contributed by atoms with Gasteiger partial charge in [0.05, 0.1) is 21.4 Å². The molecule has 0 radical (unpaired) electrons. The van der Waals surface area contributed by atoms with E-state index in [0.29, 0.717) is 17.5 Å². The zero-order valence-electron chi connectivity index (χ0n) is 18.7. The normalized spacial score (nSPS) is 11.8. The summed E-state index contributed by atoms with van der Waals surface area (Å²) in [5.41, 5.74) is 2.36. The van der Waals surface area contributed by atoms with Gasteiger partial charge in [0.25, 0.3) is 5.69 Å². The Bertz CT molecular complexity index is 1180. The van der Waals surface area contributed by atoms with Crippen molar-refractivity contribution >= 4 is 40.6 Å². The van der Waals surface area contributed by atoms with Crippen LogP contribution in [-0.4, -0.2) is 31.3 Å². The maximum Gasteiger partial charge on any atom is 0.271 e. The number of thioether (sulfide) groups is 1. The molecule has 0 aliphatic heterocycles. The van der Waals surface area contributed by atoms with Crippen molar-refractivity contribution in [1.82, 2.24) is 14.8 Å². The van der Waals surface area contributed by atoms with Crippen LogP contribution >= 0.6 is 23.4 Å². The van der Waals surface area contributed by atoms with Gasteiger partial charge < -0.3 is 14.6 Å². The maximum absolute atomic E-state index is 12.4. The van der Waals surface area contributed by atoms with Gasteiger partial charge in [0.1, 0.15) is 5.75 Å². The van der Waals surface area contributed by atoms with Gasteiger partial charge in [-0.1, -0.05) is 29.4 Å². The van der Waals surface area contributed by atoms with E-state index in [0.717, 1.165) is 11.3 Å². The van der Waals surface area contributed by atoms with Crippen LogP contribution in [0.25, 0.3) is 0 Å². The molecule has 0 fully saturated rings. The Balaban J connectivity index is 1.66. The van der Waals surface area contributed by atoms with Crippen molar-refractivity contribution in [2.75, 3.05) is 11.1 Å². The highest BCUT2D eigenvalue weighted by molar-refractivity contribution is 7.99. The molecule has 11 heteroatoms. The molecule has 9 nitrogen and oxygen atoms in total. The number of nitro groups is 1. The molecule has 3 rings (SSSR count). The molecule has 0 bridgehead atoms. The summed E-state index contributed by atoms with van der Waals surface area (Å²) in [6.45, 7) is 8.54. The largest absolute Gasteiger partial charge is 0.483 e. The molecule has 0 aliphatic rings. The lowest BCUT2D eigenvalue weighted by molar-refractivity contribution is -0.384. The van der Waals surface area contributed by atoms with E-state index >= 15 is 0 Å². The molecule has 174 valence electrons. The van der Waals surface area contributed by atoms with Gasteiger partial charge in [-0.2, -0.15) is 0 Å². The number of halogens is 1. The number of nitro benzene ring substituents is 1. The first-order chi connectivity index (χ1) is 15.7. The van der Waals surface area contributed by atoms with Crippen molar-refractivity contribution in [3.63, 3.8) is 0 Å². The van der Waals surface area contributed by atoms with Gasteiger partial charge in [-0.3, -0.25) is 14.9 Å². The van der Waals surface area contributed by atoms with E-state index in [1.54, 1.807) is 0 Å². The van der Waals surface area contributed by atoms with Gasteiger partial charge in [-0.25, -0.2) is 0 Å². The first-order valence-corrected chi connectivity index (χ1v) is 11.6. The Morgan fingerprint density at radius 3 is 2.67 bits per heavy atom. The van der Waals surface area contributed by atoms with Crippen molar-refractivity contribution in [2.45, 2.75) is 45.5 Å². The molecule has 1 aromatic heterocycles. The topological polar surface area (TPSA) is 112 Å². The van der Waals surface area contributed by atoms with E-state index in [4.69, 9.17) is 16.3 Å². The zero-order chi connectivity index (χ0) is 24.1. The minimum Gasteiger partial charge on any atom is -0.483 e. The van der Waals surface area contributed by atoms with Crippen LogP contribution in [0.5, 0.6) is 5.75 Å². The van der Waals surface area contributed by atoms with Crippen LogP contribution in [0.1, 0.15) is 36.9 Å². The molecule has 1 amide bonds. The second-order valence-electron chi connectivity index (χ2n) is 7.35. The minimum atomic E-state index is -0.548. The smallest absolute Gasteiger partial charge is 0.271 e. The van der Waals surface area contributed by atoms with E-state index < -0.39 is 4.92 Å². The maximum atomic E-state index is 12.4. The zero-order valence-corrected chi connectivity index (χ0v) is 20.2. The van der Waals surface area contributed by atoms with Crippen molar-refractivity contribution in [2.24, 2.45) is 0 Å². The summed E-state index contributed by atoms with van der Waals surface area (Å²) in [4.78, 5) is 22.8. The molecular formula is C22H24ClN5O4S. The molecule has 0 saturated heterocycles. The predicted molar refractivity (Wildman–Crippen MR) is 128 cm³/mol. The second-order valence-corrected chi connectivity index (χ2v) is 8.70. The molecule has 1 N–H and O–H groups in total. The fraction of sp³-hybridized carbons (Fsp3) is 0.318. The van der Waals surface area contributed by atoms with Gasteiger partial charge in [-0.05, 0) is 57.0 Å². The lowest BCUT2D eigenvalue weighted by Crippen LogP contribution is -2.16. The van der Waals surface area contributed by atoms with Crippen molar-refractivity contribution in [3.05, 3.63) is 68.5 Å². The molecule has 1 atom stereocenters. The number of amides is 1. The van der Waals surface area contributed by atoms with Crippen LogP contribution in [0.2, 0.25) is 5.02 Å². The summed E-state index contributed by atoms with van der Waals surface area (Å²) in [6.07, 6.45) is -0.341. The molecule has 33 heavy (non-hydrogen) atoms. The Morgan fingerprint density at radius 2 is 2.00 bits per heavy atom. The first-order valence-electron chi connectivity index (χ1n) is 10.2. The number of benzene rings is 2. The highest BCUT2D eigenvalue weighted by Crippen LogP contribution is 2.28. The highest BCUT2D eigenvalue weighted by atomic mass is 35.5. The third-order valence-electron chi connectivity index (χ3n) is 4.98. The van der Waals surface area contributed by atoms with Gasteiger partial charge in [0.2, 0.25) is 5.91 Å². The van der Waals surface area contributed by atoms with E-state index in [9.17, 15) is 14.9 Å². The summed E-state index contributed by atoms with van der Waals surface area (Å²) in [5.74, 6) is 1.07. The number of rotatable bonds is 9. The number of hydrogen-bond donors (Lipinski definition) is 1. The molecule has 0 spiro atoms. The fourth-order valence-corrected chi connectivity index (χ4v) is 4.06. The van der Waals surface area contributed by atoms with Crippen molar-refractivity contribution in [1.29, 1.82) is 0 Å². The number of non-ortho nitro benzene ring substituents is 1. The number of hydrogen-bond acceptors (Lipinski definition) is 7. The number of ether oxygens (including phenoxy) is 1. The van der Waals surface area contributed by atoms with Crippen molar-refractivity contribution in [3.8, 4) is 5.75 Å². The Kier molecular flexibility index (Phi) is 7.93. The predicted octanol–water partition coefficient (Wildman–Crippen LogP) is 5.35. The number of aromatic nitrogens is 3. The van der Waals surface area contributed by atoms with Crippen LogP contribution in [0.3, 0.4) is 0 Å². The third-order valence-corrected chi connectivity index (χ3v) is 6.28. The highest BCUT2D eigenvalue weighted by Gasteiger charge is 2.20. The minimum absolute atomic E-state index is 0.0313. The second kappa shape index (κ2) is 10.7. The van der Waals surface area contributed by atoms with Crippen LogP contribution in [-0.2, 0) is 11.3 Å². The van der Waals surface area contributed by atoms with Gasteiger partial charge >= 0.3 is 0 Å². The third kappa shape index (κ3) is 6.02. The van der Waals surface area contributed by atoms with Crippen LogP contribution in [0, 0.1) is 24.0 Å². The average Bonchev–Trinajstić information content (AvgIpc) is 3.19. The molecular weight excluding hydrogens is 466 g/mol. The molecule has 2 aromatic carbocycles. The standard InChI is InChI=1S/C22H24ClN5O4S/c1-5-27-21(15(4)32-17-8-6-13(2)14(3)10-17)25-26-22(27)33-12-20(29)24-19-11-16(28(30)31)7-9-18(19)23/h6-11,15H,5,12H2,1-4H3,(H,24,29). The summed E-state index contributed by atoms with van der Waals surface area (Å²) in [6, 6.07) is 9.79.